The normalized spacial score (nSPS) is 10.5. The molecule has 0 aromatic heterocycles. The summed E-state index contributed by atoms with van der Waals surface area (Å²) in [6.45, 7) is 6.80. The Labute approximate surface area is 97.4 Å². The van der Waals surface area contributed by atoms with E-state index in [4.69, 9.17) is 0 Å². The van der Waals surface area contributed by atoms with Crippen LogP contribution < -0.4 is 3.12 Å². The number of hydrogen-bond donors (Lipinski definition) is 0. The summed E-state index contributed by atoms with van der Waals surface area (Å²) in [5, 5.41) is 0. The predicted molar refractivity (Wildman–Crippen MR) is 60.0 cm³/mol. The van der Waals surface area contributed by atoms with Crippen LogP contribution in [0.15, 0.2) is 12.1 Å². The Kier molecular flexibility index (Phi) is 4.43. The zero-order chi connectivity index (χ0) is 9.84. The third-order valence-electron chi connectivity index (χ3n) is 2.62. The van der Waals surface area contributed by atoms with Crippen LogP contribution in [-0.4, -0.2) is 25.8 Å². The molecule has 0 aliphatic rings. The number of hydrogen-bond acceptors (Lipinski definition) is 0. The molecule has 3 radical (unpaired) electrons. The first-order valence-electron chi connectivity index (χ1n) is 5.09. The van der Waals surface area contributed by atoms with Gasteiger partial charge in [-0.05, 0) is 0 Å². The summed E-state index contributed by atoms with van der Waals surface area (Å²) in [5.74, 6) is 0. The summed E-state index contributed by atoms with van der Waals surface area (Å²) in [6, 6.07) is 4.64. The molecule has 0 N–H and O–H groups in total. The second kappa shape index (κ2) is 5.13. The van der Waals surface area contributed by atoms with E-state index >= 15 is 0 Å². The van der Waals surface area contributed by atoms with E-state index in [1.54, 1.807) is 19.8 Å². The van der Waals surface area contributed by atoms with Gasteiger partial charge in [0.2, 0.25) is 0 Å². The van der Waals surface area contributed by atoms with Crippen molar-refractivity contribution in [1.82, 2.24) is 0 Å². The summed E-state index contributed by atoms with van der Waals surface area (Å²) in [4.78, 5) is 0. The minimum absolute atomic E-state index is 1.18. The summed E-state index contributed by atoms with van der Waals surface area (Å²) in [7, 11) is 0. The summed E-state index contributed by atoms with van der Waals surface area (Å²) >= 11 is 1.19. The van der Waals surface area contributed by atoms with Crippen molar-refractivity contribution in [3.05, 3.63) is 28.8 Å². The van der Waals surface area contributed by atoms with Crippen molar-refractivity contribution in [1.29, 1.82) is 0 Å². The topological polar surface area (TPSA) is 0 Å². The van der Waals surface area contributed by atoms with Crippen LogP contribution in [0.5, 0.6) is 0 Å². The Hall–Kier alpha value is 0.142. The second-order valence-corrected chi connectivity index (χ2v) is 5.38. The maximum absolute atomic E-state index is 2.32. The molecule has 0 aliphatic heterocycles. The Bertz CT molecular complexity index is 289. The molecule has 0 unspecified atom stereocenters. The van der Waals surface area contributed by atoms with Gasteiger partial charge in [0, 0.05) is 0 Å². The second-order valence-electron chi connectivity index (χ2n) is 3.29. The van der Waals surface area contributed by atoms with Crippen molar-refractivity contribution in [3.63, 3.8) is 0 Å². The molecule has 0 atom stereocenters. The average molecular weight is 368 g/mol. The summed E-state index contributed by atoms with van der Waals surface area (Å²) in [6.07, 6.45) is 3.58. The van der Waals surface area contributed by atoms with Crippen molar-refractivity contribution < 1.29 is 0 Å². The standard InChI is InChI=1S/C12H17.Pb/c1-4-10-8-7-9-11(5-2)12(10)6-3;/h7-8H,4-6H2,1-3H3;. The van der Waals surface area contributed by atoms with Crippen LogP contribution >= 0.6 is 0 Å². The molecule has 1 rings (SSSR count). The molecule has 1 aromatic rings. The molecule has 0 nitrogen and oxygen atoms in total. The van der Waals surface area contributed by atoms with E-state index in [1.807, 2.05) is 0 Å². The zero-order valence-electron chi connectivity index (χ0n) is 8.78. The molecule has 0 saturated heterocycles. The van der Waals surface area contributed by atoms with Crippen LogP contribution in [0.2, 0.25) is 0 Å². The SMILES string of the molecule is CCc1cc[c]([Pb])c(CC)c1CC. The Morgan fingerprint density at radius 1 is 0.923 bits per heavy atom. The first-order chi connectivity index (χ1) is 6.24. The van der Waals surface area contributed by atoms with Crippen molar-refractivity contribution in [2.45, 2.75) is 40.0 Å². The molecule has 0 aliphatic carbocycles. The van der Waals surface area contributed by atoms with Gasteiger partial charge in [-0.2, -0.15) is 0 Å². The van der Waals surface area contributed by atoms with Gasteiger partial charge >= 0.3 is 97.7 Å². The van der Waals surface area contributed by atoms with E-state index in [0.717, 1.165) is 0 Å². The Morgan fingerprint density at radius 2 is 1.54 bits per heavy atom. The van der Waals surface area contributed by atoms with E-state index in [9.17, 15) is 0 Å². The molecule has 0 spiro atoms. The van der Waals surface area contributed by atoms with Gasteiger partial charge in [-0.15, -0.1) is 0 Å². The van der Waals surface area contributed by atoms with Crippen LogP contribution in [0.1, 0.15) is 37.5 Å². The average Bonchev–Trinajstić information content (AvgIpc) is 2.17. The molecule has 69 valence electrons. The summed E-state index contributed by atoms with van der Waals surface area (Å²) in [5.41, 5.74) is 4.81. The molecule has 13 heavy (non-hydrogen) atoms. The molecule has 0 saturated carbocycles. The van der Waals surface area contributed by atoms with Gasteiger partial charge in [0.25, 0.3) is 0 Å². The molecular formula is C12H17Pb. The van der Waals surface area contributed by atoms with Crippen molar-refractivity contribution in [2.75, 3.05) is 0 Å². The first kappa shape index (κ1) is 11.2. The van der Waals surface area contributed by atoms with Crippen molar-refractivity contribution >= 4 is 28.9 Å². The molecular weight excluding hydrogens is 351 g/mol. The van der Waals surface area contributed by atoms with Crippen LogP contribution in [0.25, 0.3) is 0 Å². The molecule has 1 heteroatoms. The quantitative estimate of drug-likeness (QED) is 0.718. The predicted octanol–water partition coefficient (Wildman–Crippen LogP) is 2.17. The van der Waals surface area contributed by atoms with Gasteiger partial charge in [-0.25, -0.2) is 0 Å². The Morgan fingerprint density at radius 3 is 2.00 bits per heavy atom. The van der Waals surface area contributed by atoms with Crippen LogP contribution in [0.4, 0.5) is 0 Å². The van der Waals surface area contributed by atoms with Gasteiger partial charge in [0.05, 0.1) is 0 Å². The molecule has 0 amide bonds. The minimum atomic E-state index is 1.18. The monoisotopic (exact) mass is 369 g/mol. The van der Waals surface area contributed by atoms with Gasteiger partial charge in [-0.3, -0.25) is 0 Å². The van der Waals surface area contributed by atoms with Gasteiger partial charge in [-0.1, -0.05) is 0 Å². The van der Waals surface area contributed by atoms with E-state index in [0.29, 0.717) is 0 Å². The fourth-order valence-corrected chi connectivity index (χ4v) is 3.51. The summed E-state index contributed by atoms with van der Waals surface area (Å²) < 4.78 is 1.59. The maximum atomic E-state index is 2.32. The van der Waals surface area contributed by atoms with E-state index < -0.39 is 0 Å². The molecule has 0 bridgehead atoms. The number of rotatable bonds is 3. The van der Waals surface area contributed by atoms with Crippen LogP contribution in [0.3, 0.4) is 0 Å². The molecule has 0 fully saturated rings. The van der Waals surface area contributed by atoms with Crippen molar-refractivity contribution in [2.24, 2.45) is 0 Å². The third kappa shape index (κ3) is 2.33. The number of aryl methyl sites for hydroxylation is 1. The van der Waals surface area contributed by atoms with E-state index in [-0.39, 0.29) is 0 Å². The van der Waals surface area contributed by atoms with Gasteiger partial charge in [0.1, 0.15) is 0 Å². The first-order valence-corrected chi connectivity index (χ1v) is 7.04. The van der Waals surface area contributed by atoms with E-state index in [2.05, 4.69) is 32.9 Å². The van der Waals surface area contributed by atoms with Gasteiger partial charge < -0.3 is 0 Å². The fraction of sp³-hybridized carbons (Fsp3) is 0.500. The molecule has 0 heterocycles. The Balaban J connectivity index is 3.27. The van der Waals surface area contributed by atoms with E-state index in [1.165, 1.54) is 45.0 Å². The van der Waals surface area contributed by atoms with Gasteiger partial charge in [0.15, 0.2) is 0 Å². The van der Waals surface area contributed by atoms with Crippen LogP contribution in [-0.2, 0) is 19.3 Å². The zero-order valence-corrected chi connectivity index (χ0v) is 12.7. The van der Waals surface area contributed by atoms with Crippen LogP contribution in [0, 0.1) is 0 Å². The van der Waals surface area contributed by atoms with Crippen molar-refractivity contribution in [3.8, 4) is 0 Å². The third-order valence-corrected chi connectivity index (χ3v) is 4.44. The number of benzene rings is 1. The molecule has 1 aromatic carbocycles. The fourth-order valence-electron chi connectivity index (χ4n) is 1.92.